The lowest BCUT2D eigenvalue weighted by atomic mass is 10.1. The first-order valence-corrected chi connectivity index (χ1v) is 24.7. The van der Waals surface area contributed by atoms with Crippen LogP contribution in [0.5, 0.6) is 0 Å². The SMILES string of the molecule is CC/C=C\C/C=C\C/C=C\C/C=C\CCCCCCCCCCCCC(=O)OCC(COC(=O)CCCCCCCCC)OC(=O)CC/C=C\C/C=C\C/C=C\C/C=C\CC. The highest BCUT2D eigenvalue weighted by Gasteiger charge is 2.19. The van der Waals surface area contributed by atoms with Gasteiger partial charge in [0.25, 0.3) is 0 Å². The summed E-state index contributed by atoms with van der Waals surface area (Å²) >= 11 is 0. The van der Waals surface area contributed by atoms with E-state index < -0.39 is 12.1 Å². The van der Waals surface area contributed by atoms with Crippen molar-refractivity contribution in [1.29, 1.82) is 0 Å². The number of unbranched alkanes of at least 4 members (excludes halogenated alkanes) is 16. The van der Waals surface area contributed by atoms with E-state index in [1.54, 1.807) is 0 Å². The summed E-state index contributed by atoms with van der Waals surface area (Å²) in [6, 6.07) is 0. The van der Waals surface area contributed by atoms with Gasteiger partial charge in [-0.2, -0.15) is 0 Å². The molecule has 0 aromatic rings. The van der Waals surface area contributed by atoms with Gasteiger partial charge in [0.15, 0.2) is 6.10 Å². The summed E-state index contributed by atoms with van der Waals surface area (Å²) < 4.78 is 16.6. The van der Waals surface area contributed by atoms with Crippen LogP contribution in [-0.2, 0) is 28.6 Å². The minimum atomic E-state index is -0.813. The van der Waals surface area contributed by atoms with Gasteiger partial charge in [0.2, 0.25) is 0 Å². The molecular weight excluding hydrogens is 757 g/mol. The van der Waals surface area contributed by atoms with Crippen LogP contribution < -0.4 is 0 Å². The zero-order valence-electron chi connectivity index (χ0n) is 39.4. The van der Waals surface area contributed by atoms with Crippen molar-refractivity contribution in [2.45, 2.75) is 219 Å². The van der Waals surface area contributed by atoms with Gasteiger partial charge in [0.1, 0.15) is 13.2 Å². The van der Waals surface area contributed by atoms with Gasteiger partial charge < -0.3 is 14.2 Å². The van der Waals surface area contributed by atoms with Crippen LogP contribution in [-0.4, -0.2) is 37.2 Å². The average Bonchev–Trinajstić information content (AvgIpc) is 3.26. The molecular formula is C55H90O6. The summed E-state index contributed by atoms with van der Waals surface area (Å²) in [6.07, 6.45) is 64.3. The van der Waals surface area contributed by atoms with E-state index in [9.17, 15) is 14.4 Å². The molecule has 346 valence electrons. The van der Waals surface area contributed by atoms with Gasteiger partial charge in [-0.15, -0.1) is 0 Å². The largest absolute Gasteiger partial charge is 0.462 e. The molecule has 1 atom stereocenters. The molecule has 0 spiro atoms. The molecule has 0 N–H and O–H groups in total. The fourth-order valence-corrected chi connectivity index (χ4v) is 6.45. The molecule has 0 saturated heterocycles. The molecule has 1 unspecified atom stereocenters. The highest BCUT2D eigenvalue weighted by Crippen LogP contribution is 2.14. The van der Waals surface area contributed by atoms with Crippen molar-refractivity contribution in [3.63, 3.8) is 0 Å². The first-order valence-electron chi connectivity index (χ1n) is 24.7. The van der Waals surface area contributed by atoms with Crippen molar-refractivity contribution in [2.75, 3.05) is 13.2 Å². The summed E-state index contributed by atoms with van der Waals surface area (Å²) in [5.74, 6) is -1.01. The molecule has 0 aromatic carbocycles. The smallest absolute Gasteiger partial charge is 0.306 e. The maximum atomic E-state index is 12.7. The van der Waals surface area contributed by atoms with E-state index in [-0.39, 0.29) is 31.6 Å². The summed E-state index contributed by atoms with van der Waals surface area (Å²) in [4.78, 5) is 37.7. The maximum absolute atomic E-state index is 12.7. The molecule has 0 aliphatic rings. The molecule has 6 nitrogen and oxygen atoms in total. The van der Waals surface area contributed by atoms with Crippen LogP contribution in [0.3, 0.4) is 0 Å². The average molecular weight is 847 g/mol. The van der Waals surface area contributed by atoms with Crippen LogP contribution >= 0.6 is 0 Å². The monoisotopic (exact) mass is 847 g/mol. The molecule has 61 heavy (non-hydrogen) atoms. The van der Waals surface area contributed by atoms with Gasteiger partial charge >= 0.3 is 17.9 Å². The van der Waals surface area contributed by atoms with Crippen LogP contribution in [0.4, 0.5) is 0 Å². The molecule has 0 aliphatic carbocycles. The quantitative estimate of drug-likeness (QED) is 0.0263. The molecule has 0 fully saturated rings. The number of allylic oxidation sites excluding steroid dienone is 16. The Labute approximate surface area is 375 Å². The van der Waals surface area contributed by atoms with Crippen molar-refractivity contribution in [1.82, 2.24) is 0 Å². The molecule has 0 rings (SSSR count). The molecule has 0 aromatic heterocycles. The Morgan fingerprint density at radius 2 is 0.672 bits per heavy atom. The van der Waals surface area contributed by atoms with E-state index in [2.05, 4.69) is 106 Å². The number of hydrogen-bond acceptors (Lipinski definition) is 6. The third-order valence-corrected chi connectivity index (χ3v) is 10.1. The highest BCUT2D eigenvalue weighted by molar-refractivity contribution is 5.71. The van der Waals surface area contributed by atoms with E-state index in [4.69, 9.17) is 14.2 Å². The third-order valence-electron chi connectivity index (χ3n) is 10.1. The normalized spacial score (nSPS) is 12.9. The first kappa shape index (κ1) is 57.3. The number of esters is 3. The second-order valence-corrected chi connectivity index (χ2v) is 16.0. The maximum Gasteiger partial charge on any atom is 0.306 e. The summed E-state index contributed by atoms with van der Waals surface area (Å²) in [5, 5.41) is 0. The lowest BCUT2D eigenvalue weighted by molar-refractivity contribution is -0.166. The third kappa shape index (κ3) is 47.2. The second kappa shape index (κ2) is 49.0. The van der Waals surface area contributed by atoms with Crippen molar-refractivity contribution >= 4 is 17.9 Å². The zero-order chi connectivity index (χ0) is 44.4. The van der Waals surface area contributed by atoms with Crippen LogP contribution in [0.1, 0.15) is 213 Å². The minimum Gasteiger partial charge on any atom is -0.462 e. The Morgan fingerprint density at radius 3 is 1.07 bits per heavy atom. The number of hydrogen-bond donors (Lipinski definition) is 0. The molecule has 0 amide bonds. The van der Waals surface area contributed by atoms with Crippen molar-refractivity contribution < 1.29 is 28.6 Å². The summed E-state index contributed by atoms with van der Waals surface area (Å²) in [7, 11) is 0. The zero-order valence-corrected chi connectivity index (χ0v) is 39.4. The van der Waals surface area contributed by atoms with Gasteiger partial charge in [-0.1, -0.05) is 208 Å². The number of carbonyl (C=O) groups excluding carboxylic acids is 3. The van der Waals surface area contributed by atoms with E-state index in [1.807, 2.05) is 12.2 Å². The molecule has 0 bridgehead atoms. The topological polar surface area (TPSA) is 78.9 Å². The molecule has 6 heteroatoms. The highest BCUT2D eigenvalue weighted by atomic mass is 16.6. The van der Waals surface area contributed by atoms with Crippen molar-refractivity contribution in [2.24, 2.45) is 0 Å². The van der Waals surface area contributed by atoms with E-state index in [1.165, 1.54) is 77.0 Å². The van der Waals surface area contributed by atoms with E-state index in [0.29, 0.717) is 19.3 Å². The molecule has 0 radical (unpaired) electrons. The molecule has 0 saturated carbocycles. The Bertz CT molecular complexity index is 1250. The van der Waals surface area contributed by atoms with Gasteiger partial charge in [-0.05, 0) is 83.5 Å². The van der Waals surface area contributed by atoms with Crippen LogP contribution in [0, 0.1) is 0 Å². The van der Waals surface area contributed by atoms with Crippen LogP contribution in [0.2, 0.25) is 0 Å². The lowest BCUT2D eigenvalue weighted by Crippen LogP contribution is -2.30. The summed E-state index contributed by atoms with van der Waals surface area (Å²) in [6.45, 7) is 6.28. The molecule has 0 heterocycles. The number of ether oxygens (including phenoxy) is 3. The number of rotatable bonds is 43. The Morgan fingerprint density at radius 1 is 0.344 bits per heavy atom. The standard InChI is InChI=1S/C55H90O6/c1-4-7-10-13-16-18-20-22-23-24-25-26-27-28-29-30-31-33-34-36-39-42-45-48-54(57)60-51-52(50-59-53(56)47-44-41-38-15-12-9-6-3)61-55(58)49-46-43-40-37-35-32-21-19-17-14-11-8-5-2/h7-8,10-11,16-19,22-23,25-26,32,35,40,43,52H,4-6,9,12-15,20-21,24,27-31,33-34,36-39,41-42,44-51H2,1-3H3/b10-7-,11-8-,18-16-,19-17-,23-22-,26-25-,35-32-,43-40-. The Balaban J connectivity index is 4.28. The Hall–Kier alpha value is -3.67. The van der Waals surface area contributed by atoms with Gasteiger partial charge in [0, 0.05) is 19.3 Å². The van der Waals surface area contributed by atoms with Crippen molar-refractivity contribution in [3.05, 3.63) is 97.2 Å². The summed E-state index contributed by atoms with van der Waals surface area (Å²) in [5.41, 5.74) is 0. The lowest BCUT2D eigenvalue weighted by Gasteiger charge is -2.18. The predicted molar refractivity (Wildman–Crippen MR) is 260 cm³/mol. The Kier molecular flexibility index (Phi) is 46.0. The molecule has 0 aliphatic heterocycles. The van der Waals surface area contributed by atoms with Crippen LogP contribution in [0.25, 0.3) is 0 Å². The van der Waals surface area contributed by atoms with Crippen LogP contribution in [0.15, 0.2) is 97.2 Å². The second-order valence-electron chi connectivity index (χ2n) is 16.0. The van der Waals surface area contributed by atoms with E-state index in [0.717, 1.165) is 89.9 Å². The van der Waals surface area contributed by atoms with Gasteiger partial charge in [-0.3, -0.25) is 14.4 Å². The van der Waals surface area contributed by atoms with Gasteiger partial charge in [-0.25, -0.2) is 0 Å². The minimum absolute atomic E-state index is 0.108. The van der Waals surface area contributed by atoms with Crippen molar-refractivity contribution in [3.8, 4) is 0 Å². The fourth-order valence-electron chi connectivity index (χ4n) is 6.45. The van der Waals surface area contributed by atoms with E-state index >= 15 is 0 Å². The predicted octanol–water partition coefficient (Wildman–Crippen LogP) is 16.2. The number of carbonyl (C=O) groups is 3. The fraction of sp³-hybridized carbons (Fsp3) is 0.655. The van der Waals surface area contributed by atoms with Gasteiger partial charge in [0.05, 0.1) is 0 Å². The first-order chi connectivity index (χ1) is 30.0.